The van der Waals surface area contributed by atoms with Gasteiger partial charge in [0.15, 0.2) is 0 Å². The molecule has 1 aromatic heterocycles. The summed E-state index contributed by atoms with van der Waals surface area (Å²) in [5.74, 6) is 0.392. The van der Waals surface area contributed by atoms with Crippen LogP contribution < -0.4 is 5.32 Å². The minimum Gasteiger partial charge on any atom is -0.393 e. The summed E-state index contributed by atoms with van der Waals surface area (Å²) in [5, 5.41) is 13.8. The van der Waals surface area contributed by atoms with Crippen molar-refractivity contribution in [3.63, 3.8) is 0 Å². The topological polar surface area (TPSA) is 54.3 Å². The number of para-hydroxylation sites is 1. The molecule has 1 fully saturated rings. The Labute approximate surface area is 131 Å². The largest absolute Gasteiger partial charge is 0.393 e. The third kappa shape index (κ3) is 2.41. The van der Waals surface area contributed by atoms with Gasteiger partial charge in [0.05, 0.1) is 6.10 Å². The number of aryl methyl sites for hydroxylation is 2. The molecule has 0 aliphatic heterocycles. The maximum absolute atomic E-state index is 12.8. The summed E-state index contributed by atoms with van der Waals surface area (Å²) in [4.78, 5) is 12.8. The number of aromatic nitrogens is 1. The summed E-state index contributed by atoms with van der Waals surface area (Å²) in [5.41, 5.74) is 2.84. The van der Waals surface area contributed by atoms with Gasteiger partial charge >= 0.3 is 0 Å². The number of benzene rings is 1. The van der Waals surface area contributed by atoms with E-state index in [1.807, 2.05) is 36.7 Å². The number of carbonyl (C=O) groups is 1. The van der Waals surface area contributed by atoms with Gasteiger partial charge in [-0.1, -0.05) is 25.1 Å². The molecule has 1 heterocycles. The fourth-order valence-electron chi connectivity index (χ4n) is 3.65. The van der Waals surface area contributed by atoms with E-state index in [-0.39, 0.29) is 18.1 Å². The molecule has 0 radical (unpaired) electrons. The predicted octanol–water partition coefficient (Wildman–Crippen LogP) is 2.77. The number of rotatable bonds is 4. The van der Waals surface area contributed by atoms with Gasteiger partial charge in [0.25, 0.3) is 5.91 Å². The first kappa shape index (κ1) is 15.1. The van der Waals surface area contributed by atoms with Crippen molar-refractivity contribution in [3.8, 4) is 0 Å². The van der Waals surface area contributed by atoms with Crippen LogP contribution >= 0.6 is 0 Å². The molecular weight excluding hydrogens is 276 g/mol. The van der Waals surface area contributed by atoms with Crippen molar-refractivity contribution >= 4 is 16.8 Å². The van der Waals surface area contributed by atoms with Crippen LogP contribution in [0.25, 0.3) is 10.9 Å². The first-order chi connectivity index (χ1) is 10.5. The molecule has 0 saturated heterocycles. The summed E-state index contributed by atoms with van der Waals surface area (Å²) >= 11 is 0. The van der Waals surface area contributed by atoms with E-state index in [4.69, 9.17) is 0 Å². The molecule has 1 atom stereocenters. The first-order valence-electron chi connectivity index (χ1n) is 8.05. The van der Waals surface area contributed by atoms with Gasteiger partial charge in [-0.2, -0.15) is 0 Å². The Hall–Kier alpha value is -1.81. The number of hydrogen-bond donors (Lipinski definition) is 2. The van der Waals surface area contributed by atoms with Crippen molar-refractivity contribution in [1.29, 1.82) is 0 Å². The lowest BCUT2D eigenvalue weighted by atomic mass is 9.76. The van der Waals surface area contributed by atoms with Crippen molar-refractivity contribution in [1.82, 2.24) is 9.88 Å². The molecule has 2 aromatic rings. The SMILES string of the molecule is CC[C@H](NC(=O)c1c(C)c2ccccc2n1C)C1CC(O)C1. The Bertz CT molecular complexity index is 659. The van der Waals surface area contributed by atoms with E-state index in [1.54, 1.807) is 0 Å². The van der Waals surface area contributed by atoms with E-state index >= 15 is 0 Å². The zero-order valence-electron chi connectivity index (χ0n) is 13.5. The summed E-state index contributed by atoms with van der Waals surface area (Å²) in [6.07, 6.45) is 2.31. The average molecular weight is 300 g/mol. The lowest BCUT2D eigenvalue weighted by Gasteiger charge is -2.37. The molecule has 1 saturated carbocycles. The standard InChI is InChI=1S/C18H24N2O2/c1-4-15(12-9-13(21)10-12)19-18(22)17-11(2)14-7-5-6-8-16(14)20(17)3/h5-8,12-13,15,21H,4,9-10H2,1-3H3,(H,19,22)/t12?,13?,15-/m0/s1. The molecule has 4 heteroatoms. The van der Waals surface area contributed by atoms with E-state index in [2.05, 4.69) is 18.3 Å². The zero-order valence-corrected chi connectivity index (χ0v) is 13.5. The Balaban J connectivity index is 1.86. The number of fused-ring (bicyclic) bond motifs is 1. The number of amides is 1. The quantitative estimate of drug-likeness (QED) is 0.912. The molecule has 22 heavy (non-hydrogen) atoms. The second-order valence-electron chi connectivity index (χ2n) is 6.42. The summed E-state index contributed by atoms with van der Waals surface area (Å²) in [7, 11) is 1.94. The maximum Gasteiger partial charge on any atom is 0.268 e. The monoisotopic (exact) mass is 300 g/mol. The van der Waals surface area contributed by atoms with Crippen LogP contribution in [0.15, 0.2) is 24.3 Å². The van der Waals surface area contributed by atoms with Gasteiger partial charge in [-0.15, -0.1) is 0 Å². The third-order valence-corrected chi connectivity index (χ3v) is 5.05. The molecule has 2 N–H and O–H groups in total. The number of nitrogens with one attached hydrogen (secondary N) is 1. The van der Waals surface area contributed by atoms with E-state index in [1.165, 1.54) is 0 Å². The van der Waals surface area contributed by atoms with Gasteiger partial charge in [-0.25, -0.2) is 0 Å². The third-order valence-electron chi connectivity index (χ3n) is 5.05. The second kappa shape index (κ2) is 5.76. The molecule has 1 aromatic carbocycles. The molecule has 0 spiro atoms. The summed E-state index contributed by atoms with van der Waals surface area (Å²) in [6.45, 7) is 4.09. The molecule has 1 amide bonds. The molecule has 0 bridgehead atoms. The minimum atomic E-state index is -0.185. The van der Waals surface area contributed by atoms with E-state index in [9.17, 15) is 9.90 Å². The highest BCUT2D eigenvalue weighted by Crippen LogP contribution is 2.32. The Morgan fingerprint density at radius 2 is 2.09 bits per heavy atom. The number of aliphatic hydroxyl groups is 1. The number of aliphatic hydroxyl groups excluding tert-OH is 1. The van der Waals surface area contributed by atoms with Crippen molar-refractivity contribution in [3.05, 3.63) is 35.5 Å². The van der Waals surface area contributed by atoms with E-state index < -0.39 is 0 Å². The highest BCUT2D eigenvalue weighted by Gasteiger charge is 2.34. The van der Waals surface area contributed by atoms with Crippen LogP contribution in [-0.2, 0) is 7.05 Å². The Kier molecular flexibility index (Phi) is 3.96. The van der Waals surface area contributed by atoms with Gasteiger partial charge in [0.1, 0.15) is 5.69 Å². The molecule has 4 nitrogen and oxygen atoms in total. The number of nitrogens with zero attached hydrogens (tertiary/aromatic N) is 1. The smallest absolute Gasteiger partial charge is 0.268 e. The number of hydrogen-bond acceptors (Lipinski definition) is 2. The van der Waals surface area contributed by atoms with Crippen molar-refractivity contribution in [2.45, 2.75) is 45.3 Å². The minimum absolute atomic E-state index is 0.00978. The Morgan fingerprint density at radius 3 is 2.68 bits per heavy atom. The van der Waals surface area contributed by atoms with Crippen LogP contribution in [0, 0.1) is 12.8 Å². The lowest BCUT2D eigenvalue weighted by Crippen LogP contribution is -2.47. The predicted molar refractivity (Wildman–Crippen MR) is 87.9 cm³/mol. The van der Waals surface area contributed by atoms with Crippen LogP contribution in [0.4, 0.5) is 0 Å². The van der Waals surface area contributed by atoms with E-state index in [0.29, 0.717) is 5.92 Å². The summed E-state index contributed by atoms with van der Waals surface area (Å²) < 4.78 is 1.97. The van der Waals surface area contributed by atoms with Crippen molar-refractivity contribution in [2.24, 2.45) is 13.0 Å². The van der Waals surface area contributed by atoms with Gasteiger partial charge < -0.3 is 15.0 Å². The molecule has 118 valence electrons. The van der Waals surface area contributed by atoms with E-state index in [0.717, 1.165) is 41.4 Å². The zero-order chi connectivity index (χ0) is 15.9. The molecule has 0 unspecified atom stereocenters. The van der Waals surface area contributed by atoms with Crippen LogP contribution in [0.5, 0.6) is 0 Å². The van der Waals surface area contributed by atoms with Crippen molar-refractivity contribution < 1.29 is 9.90 Å². The maximum atomic E-state index is 12.8. The first-order valence-corrected chi connectivity index (χ1v) is 8.05. The second-order valence-corrected chi connectivity index (χ2v) is 6.42. The van der Waals surface area contributed by atoms with Crippen molar-refractivity contribution in [2.75, 3.05) is 0 Å². The highest BCUT2D eigenvalue weighted by molar-refractivity contribution is 6.01. The van der Waals surface area contributed by atoms with Gasteiger partial charge in [0, 0.05) is 24.0 Å². The van der Waals surface area contributed by atoms with Gasteiger partial charge in [-0.05, 0) is 43.7 Å². The van der Waals surface area contributed by atoms with Crippen LogP contribution in [0.3, 0.4) is 0 Å². The van der Waals surface area contributed by atoms with Crippen LogP contribution in [0.1, 0.15) is 42.2 Å². The lowest BCUT2D eigenvalue weighted by molar-refractivity contribution is 0.0231. The van der Waals surface area contributed by atoms with Crippen LogP contribution in [-0.4, -0.2) is 27.7 Å². The van der Waals surface area contributed by atoms with Gasteiger partial charge in [0.2, 0.25) is 0 Å². The van der Waals surface area contributed by atoms with Crippen LogP contribution in [0.2, 0.25) is 0 Å². The molecular formula is C18H24N2O2. The molecule has 1 aliphatic carbocycles. The highest BCUT2D eigenvalue weighted by atomic mass is 16.3. The summed E-state index contributed by atoms with van der Waals surface area (Å²) in [6, 6.07) is 8.24. The Morgan fingerprint density at radius 1 is 1.41 bits per heavy atom. The fourth-order valence-corrected chi connectivity index (χ4v) is 3.65. The normalized spacial score (nSPS) is 22.4. The molecule has 3 rings (SSSR count). The van der Waals surface area contributed by atoms with Gasteiger partial charge in [-0.3, -0.25) is 4.79 Å². The fraction of sp³-hybridized carbons (Fsp3) is 0.500. The average Bonchev–Trinajstić information content (AvgIpc) is 2.74. The molecule has 1 aliphatic rings. The number of carbonyl (C=O) groups excluding carboxylic acids is 1.